The summed E-state index contributed by atoms with van der Waals surface area (Å²) in [5, 5.41) is 3.06. The lowest BCUT2D eigenvalue weighted by Crippen LogP contribution is -2.18. The van der Waals surface area contributed by atoms with E-state index >= 15 is 0 Å². The third-order valence-electron chi connectivity index (χ3n) is 2.46. The lowest BCUT2D eigenvalue weighted by atomic mass is 10.1. The molecule has 5 heteroatoms. The number of imidazole rings is 1. The van der Waals surface area contributed by atoms with Gasteiger partial charge in [-0.05, 0) is 25.1 Å². The number of aromatic nitrogens is 2. The molecule has 0 aliphatic heterocycles. The molecule has 0 aliphatic rings. The zero-order chi connectivity index (χ0) is 12.1. The van der Waals surface area contributed by atoms with E-state index in [2.05, 4.69) is 15.3 Å². The first kappa shape index (κ1) is 11.7. The van der Waals surface area contributed by atoms with Crippen molar-refractivity contribution in [2.24, 2.45) is 0 Å². The first-order valence-electron chi connectivity index (χ1n) is 5.39. The number of hydrogen-bond donors (Lipinski definition) is 2. The predicted octanol–water partition coefficient (Wildman–Crippen LogP) is 2.02. The summed E-state index contributed by atoms with van der Waals surface area (Å²) in [6.07, 6.45) is 3.71. The Morgan fingerprint density at radius 1 is 1.24 bits per heavy atom. The maximum atomic E-state index is 13.3. The van der Waals surface area contributed by atoms with Crippen molar-refractivity contribution < 1.29 is 8.78 Å². The number of aromatic amines is 1. The number of hydrogen-bond acceptors (Lipinski definition) is 2. The van der Waals surface area contributed by atoms with Crippen LogP contribution in [0.3, 0.4) is 0 Å². The van der Waals surface area contributed by atoms with Gasteiger partial charge in [-0.25, -0.2) is 13.8 Å². The maximum absolute atomic E-state index is 13.3. The summed E-state index contributed by atoms with van der Waals surface area (Å²) in [4.78, 5) is 6.97. The van der Waals surface area contributed by atoms with Crippen molar-refractivity contribution in [1.82, 2.24) is 15.3 Å². The van der Waals surface area contributed by atoms with Gasteiger partial charge in [-0.1, -0.05) is 6.07 Å². The Morgan fingerprint density at radius 3 is 2.65 bits per heavy atom. The van der Waals surface area contributed by atoms with Crippen LogP contribution < -0.4 is 5.32 Å². The summed E-state index contributed by atoms with van der Waals surface area (Å²) in [7, 11) is 0. The Bertz CT molecular complexity index is 448. The van der Waals surface area contributed by atoms with Crippen LogP contribution in [-0.2, 0) is 13.0 Å². The fourth-order valence-electron chi connectivity index (χ4n) is 1.59. The van der Waals surface area contributed by atoms with Gasteiger partial charge in [-0.2, -0.15) is 0 Å². The maximum Gasteiger partial charge on any atom is 0.129 e. The molecule has 17 heavy (non-hydrogen) atoms. The van der Waals surface area contributed by atoms with Gasteiger partial charge < -0.3 is 10.3 Å². The van der Waals surface area contributed by atoms with Crippen LogP contribution in [0.4, 0.5) is 8.78 Å². The second kappa shape index (κ2) is 5.54. The summed E-state index contributed by atoms with van der Waals surface area (Å²) >= 11 is 0. The molecule has 1 aromatic carbocycles. The van der Waals surface area contributed by atoms with Crippen LogP contribution >= 0.6 is 0 Å². The minimum atomic E-state index is -0.496. The van der Waals surface area contributed by atoms with Crippen molar-refractivity contribution in [2.45, 2.75) is 13.0 Å². The largest absolute Gasteiger partial charge is 0.348 e. The van der Waals surface area contributed by atoms with Gasteiger partial charge in [-0.3, -0.25) is 0 Å². The zero-order valence-electron chi connectivity index (χ0n) is 9.21. The van der Waals surface area contributed by atoms with Gasteiger partial charge in [0.25, 0.3) is 0 Å². The monoisotopic (exact) mass is 237 g/mol. The van der Waals surface area contributed by atoms with Gasteiger partial charge in [0.15, 0.2) is 0 Å². The number of nitrogens with one attached hydrogen (secondary N) is 2. The molecule has 0 saturated carbocycles. The van der Waals surface area contributed by atoms with Crippen molar-refractivity contribution in [3.8, 4) is 0 Å². The number of H-pyrrole nitrogens is 1. The van der Waals surface area contributed by atoms with Crippen LogP contribution in [0.5, 0.6) is 0 Å². The molecule has 0 radical (unpaired) electrons. The van der Waals surface area contributed by atoms with E-state index in [1.54, 1.807) is 12.4 Å². The van der Waals surface area contributed by atoms with E-state index < -0.39 is 11.6 Å². The third kappa shape index (κ3) is 3.10. The van der Waals surface area contributed by atoms with Gasteiger partial charge in [-0.15, -0.1) is 0 Å². The highest BCUT2D eigenvalue weighted by atomic mass is 19.1. The molecule has 0 atom stereocenters. The molecule has 1 aromatic heterocycles. The average Bonchev–Trinajstić information content (AvgIpc) is 2.80. The molecule has 1 heterocycles. The van der Waals surface area contributed by atoms with Gasteiger partial charge in [0.05, 0.1) is 6.54 Å². The molecule has 0 unspecified atom stereocenters. The number of benzene rings is 1. The standard InChI is InChI=1S/C12H13F2N3/c13-10-2-1-3-11(14)9(10)4-5-15-8-12-16-6-7-17-12/h1-3,6-7,15H,4-5,8H2,(H,16,17). The molecule has 0 amide bonds. The fourth-order valence-corrected chi connectivity index (χ4v) is 1.59. The number of halogens is 2. The highest BCUT2D eigenvalue weighted by Gasteiger charge is 2.07. The van der Waals surface area contributed by atoms with E-state index in [9.17, 15) is 8.78 Å². The predicted molar refractivity (Wildman–Crippen MR) is 60.4 cm³/mol. The number of rotatable bonds is 5. The van der Waals surface area contributed by atoms with E-state index in [4.69, 9.17) is 0 Å². The SMILES string of the molecule is Fc1cccc(F)c1CCNCc1ncc[nH]1. The topological polar surface area (TPSA) is 40.7 Å². The van der Waals surface area contributed by atoms with Gasteiger partial charge in [0.2, 0.25) is 0 Å². The van der Waals surface area contributed by atoms with Crippen LogP contribution in [0.25, 0.3) is 0 Å². The molecular formula is C12H13F2N3. The highest BCUT2D eigenvalue weighted by Crippen LogP contribution is 2.11. The van der Waals surface area contributed by atoms with E-state index in [1.807, 2.05) is 0 Å². The van der Waals surface area contributed by atoms with Crippen LogP contribution in [0.2, 0.25) is 0 Å². The Morgan fingerprint density at radius 2 is 2.00 bits per heavy atom. The Labute approximate surface area is 97.9 Å². The summed E-state index contributed by atoms with van der Waals surface area (Å²) < 4.78 is 26.5. The van der Waals surface area contributed by atoms with Crippen molar-refractivity contribution in [1.29, 1.82) is 0 Å². The quantitative estimate of drug-likeness (QED) is 0.781. The minimum absolute atomic E-state index is 0.124. The summed E-state index contributed by atoms with van der Waals surface area (Å²) in [5.74, 6) is -0.186. The van der Waals surface area contributed by atoms with E-state index in [0.717, 1.165) is 5.82 Å². The van der Waals surface area contributed by atoms with E-state index in [-0.39, 0.29) is 5.56 Å². The molecule has 3 nitrogen and oxygen atoms in total. The summed E-state index contributed by atoms with van der Waals surface area (Å²) in [6, 6.07) is 3.90. The molecule has 0 saturated heterocycles. The van der Waals surface area contributed by atoms with Crippen LogP contribution in [0.1, 0.15) is 11.4 Å². The Balaban J connectivity index is 1.82. The van der Waals surface area contributed by atoms with E-state index in [0.29, 0.717) is 19.5 Å². The van der Waals surface area contributed by atoms with Crippen LogP contribution in [-0.4, -0.2) is 16.5 Å². The zero-order valence-corrected chi connectivity index (χ0v) is 9.21. The fraction of sp³-hybridized carbons (Fsp3) is 0.250. The van der Waals surface area contributed by atoms with Crippen molar-refractivity contribution in [3.05, 3.63) is 53.6 Å². The molecule has 2 rings (SSSR count). The second-order valence-electron chi connectivity index (χ2n) is 3.66. The lowest BCUT2D eigenvalue weighted by molar-refractivity contribution is 0.545. The Hall–Kier alpha value is -1.75. The first-order valence-corrected chi connectivity index (χ1v) is 5.39. The summed E-state index contributed by atoms with van der Waals surface area (Å²) in [6.45, 7) is 1.06. The smallest absolute Gasteiger partial charge is 0.129 e. The van der Waals surface area contributed by atoms with Crippen molar-refractivity contribution in [3.63, 3.8) is 0 Å². The molecule has 0 aliphatic carbocycles. The van der Waals surface area contributed by atoms with E-state index in [1.165, 1.54) is 18.2 Å². The van der Waals surface area contributed by atoms with Crippen LogP contribution in [0.15, 0.2) is 30.6 Å². The second-order valence-corrected chi connectivity index (χ2v) is 3.66. The molecule has 2 aromatic rings. The highest BCUT2D eigenvalue weighted by molar-refractivity contribution is 5.19. The van der Waals surface area contributed by atoms with Crippen LogP contribution in [0, 0.1) is 11.6 Å². The molecule has 0 spiro atoms. The van der Waals surface area contributed by atoms with Gasteiger partial charge in [0, 0.05) is 18.0 Å². The minimum Gasteiger partial charge on any atom is -0.348 e. The van der Waals surface area contributed by atoms with Crippen molar-refractivity contribution >= 4 is 0 Å². The number of nitrogens with zero attached hydrogens (tertiary/aromatic N) is 1. The van der Waals surface area contributed by atoms with Gasteiger partial charge >= 0.3 is 0 Å². The third-order valence-corrected chi connectivity index (χ3v) is 2.46. The molecule has 2 N–H and O–H groups in total. The van der Waals surface area contributed by atoms with Gasteiger partial charge in [0.1, 0.15) is 17.5 Å². The Kier molecular flexibility index (Phi) is 3.82. The molecule has 90 valence electrons. The molecular weight excluding hydrogens is 224 g/mol. The normalized spacial score (nSPS) is 10.7. The summed E-state index contributed by atoms with van der Waals surface area (Å²) in [5.41, 5.74) is 0.124. The lowest BCUT2D eigenvalue weighted by Gasteiger charge is -2.05. The first-order chi connectivity index (χ1) is 8.27. The molecule has 0 bridgehead atoms. The molecule has 0 fully saturated rings. The van der Waals surface area contributed by atoms with Crippen molar-refractivity contribution in [2.75, 3.05) is 6.54 Å². The average molecular weight is 237 g/mol.